The first-order valence-corrected chi connectivity index (χ1v) is 8.24. The molecule has 19 heavy (non-hydrogen) atoms. The van der Waals surface area contributed by atoms with E-state index in [0.717, 1.165) is 23.7 Å². The Hall–Kier alpha value is -0.620. The third-order valence-electron chi connectivity index (χ3n) is 3.65. The average Bonchev–Trinajstić information content (AvgIpc) is 2.82. The first kappa shape index (κ1) is 14.8. The first-order chi connectivity index (χ1) is 8.92. The highest BCUT2D eigenvalue weighted by atomic mass is 35.5. The summed E-state index contributed by atoms with van der Waals surface area (Å²) in [7, 11) is -1.68. The van der Waals surface area contributed by atoms with Gasteiger partial charge in [0.1, 0.15) is 0 Å². The Morgan fingerprint density at radius 1 is 1.47 bits per heavy atom. The normalized spacial score (nSPS) is 20.9. The molecule has 2 rings (SSSR count). The molecule has 1 heterocycles. The standard InChI is InChI=1S/C13H19ClN2O2S/c1-10-7-12(14)4-3-11(10)8-16-6-5-13(9-16)19(17,18)15-2/h3-4,7,13,15H,5-6,8-9H2,1-2H3. The van der Waals surface area contributed by atoms with Gasteiger partial charge in [-0.3, -0.25) is 4.90 Å². The number of nitrogens with one attached hydrogen (secondary N) is 1. The van der Waals surface area contributed by atoms with Gasteiger partial charge in [-0.25, -0.2) is 13.1 Å². The van der Waals surface area contributed by atoms with Crippen LogP contribution in [0.15, 0.2) is 18.2 Å². The highest BCUT2D eigenvalue weighted by Gasteiger charge is 2.31. The van der Waals surface area contributed by atoms with Gasteiger partial charge in [0.25, 0.3) is 0 Å². The Labute approximate surface area is 119 Å². The van der Waals surface area contributed by atoms with Gasteiger partial charge in [-0.15, -0.1) is 0 Å². The molecule has 1 aliphatic heterocycles. The summed E-state index contributed by atoms with van der Waals surface area (Å²) in [6.07, 6.45) is 0.690. The van der Waals surface area contributed by atoms with Crippen molar-refractivity contribution in [1.29, 1.82) is 0 Å². The predicted molar refractivity (Wildman–Crippen MR) is 77.9 cm³/mol. The van der Waals surface area contributed by atoms with Crippen LogP contribution in [0, 0.1) is 6.92 Å². The SMILES string of the molecule is CNS(=O)(=O)C1CCN(Cc2ccc(Cl)cc2C)C1. The smallest absolute Gasteiger partial charge is 0.215 e. The van der Waals surface area contributed by atoms with E-state index in [0.29, 0.717) is 13.0 Å². The van der Waals surface area contributed by atoms with Crippen molar-refractivity contribution in [2.75, 3.05) is 20.1 Å². The second kappa shape index (κ2) is 5.79. The zero-order chi connectivity index (χ0) is 14.0. The van der Waals surface area contributed by atoms with Crippen molar-refractivity contribution in [3.63, 3.8) is 0 Å². The Morgan fingerprint density at radius 2 is 2.21 bits per heavy atom. The van der Waals surface area contributed by atoms with Gasteiger partial charge in [0.2, 0.25) is 10.0 Å². The maximum Gasteiger partial charge on any atom is 0.215 e. The highest BCUT2D eigenvalue weighted by Crippen LogP contribution is 2.21. The summed E-state index contributed by atoms with van der Waals surface area (Å²) in [6.45, 7) is 4.21. The van der Waals surface area contributed by atoms with Gasteiger partial charge < -0.3 is 0 Å². The van der Waals surface area contributed by atoms with Gasteiger partial charge >= 0.3 is 0 Å². The first-order valence-electron chi connectivity index (χ1n) is 6.32. The molecule has 0 amide bonds. The van der Waals surface area contributed by atoms with Crippen LogP contribution in [0.2, 0.25) is 5.02 Å². The van der Waals surface area contributed by atoms with Crippen molar-refractivity contribution in [2.24, 2.45) is 0 Å². The summed E-state index contributed by atoms with van der Waals surface area (Å²) < 4.78 is 25.9. The fourth-order valence-corrected chi connectivity index (χ4v) is 3.82. The maximum absolute atomic E-state index is 11.8. The van der Waals surface area contributed by atoms with E-state index in [4.69, 9.17) is 11.6 Å². The predicted octanol–water partition coefficient (Wildman–Crippen LogP) is 1.77. The summed E-state index contributed by atoms with van der Waals surface area (Å²) in [6, 6.07) is 5.83. The van der Waals surface area contributed by atoms with Crippen LogP contribution >= 0.6 is 11.6 Å². The molecule has 0 aromatic heterocycles. The number of nitrogens with zero attached hydrogens (tertiary/aromatic N) is 1. The molecular weight excluding hydrogens is 284 g/mol. The Kier molecular flexibility index (Phi) is 4.50. The molecular formula is C13H19ClN2O2S. The van der Waals surface area contributed by atoms with E-state index in [-0.39, 0.29) is 5.25 Å². The van der Waals surface area contributed by atoms with Gasteiger partial charge in [0.15, 0.2) is 0 Å². The quantitative estimate of drug-likeness (QED) is 0.922. The number of hydrogen-bond acceptors (Lipinski definition) is 3. The number of aryl methyl sites for hydroxylation is 1. The van der Waals surface area contributed by atoms with Crippen LogP contribution in [-0.4, -0.2) is 38.7 Å². The van der Waals surface area contributed by atoms with Gasteiger partial charge in [-0.05, 0) is 50.2 Å². The average molecular weight is 303 g/mol. The molecule has 0 spiro atoms. The summed E-state index contributed by atoms with van der Waals surface area (Å²) in [5.74, 6) is 0. The molecule has 1 aromatic carbocycles. The Balaban J connectivity index is 2.03. The minimum atomic E-state index is -3.15. The molecule has 1 fully saturated rings. The Bertz CT molecular complexity index is 560. The maximum atomic E-state index is 11.8. The van der Waals surface area contributed by atoms with Crippen molar-refractivity contribution >= 4 is 21.6 Å². The number of benzene rings is 1. The number of halogens is 1. The summed E-state index contributed by atoms with van der Waals surface area (Å²) >= 11 is 5.93. The second-order valence-corrected chi connectivity index (χ2v) is 7.57. The number of hydrogen-bond donors (Lipinski definition) is 1. The lowest BCUT2D eigenvalue weighted by Gasteiger charge is -2.17. The van der Waals surface area contributed by atoms with Crippen molar-refractivity contribution in [2.45, 2.75) is 25.1 Å². The van der Waals surface area contributed by atoms with E-state index in [9.17, 15) is 8.42 Å². The van der Waals surface area contributed by atoms with E-state index in [1.165, 1.54) is 12.6 Å². The number of sulfonamides is 1. The van der Waals surface area contributed by atoms with Crippen LogP contribution in [0.3, 0.4) is 0 Å². The van der Waals surface area contributed by atoms with E-state index in [1.54, 1.807) is 0 Å². The summed E-state index contributed by atoms with van der Waals surface area (Å²) in [5.41, 5.74) is 2.35. The van der Waals surface area contributed by atoms with E-state index >= 15 is 0 Å². The fourth-order valence-electron chi connectivity index (χ4n) is 2.44. The zero-order valence-electron chi connectivity index (χ0n) is 11.2. The van der Waals surface area contributed by atoms with Crippen molar-refractivity contribution in [3.05, 3.63) is 34.3 Å². The van der Waals surface area contributed by atoms with Gasteiger partial charge in [0, 0.05) is 18.1 Å². The van der Waals surface area contributed by atoms with E-state index < -0.39 is 10.0 Å². The van der Waals surface area contributed by atoms with Crippen LogP contribution in [-0.2, 0) is 16.6 Å². The molecule has 1 saturated heterocycles. The summed E-state index contributed by atoms with van der Waals surface area (Å²) in [4.78, 5) is 2.18. The Morgan fingerprint density at radius 3 is 2.84 bits per heavy atom. The third-order valence-corrected chi connectivity index (χ3v) is 5.72. The molecule has 0 saturated carbocycles. The molecule has 4 nitrogen and oxygen atoms in total. The van der Waals surface area contributed by atoms with Crippen LogP contribution < -0.4 is 4.72 Å². The molecule has 6 heteroatoms. The zero-order valence-corrected chi connectivity index (χ0v) is 12.8. The summed E-state index contributed by atoms with van der Waals surface area (Å²) in [5, 5.41) is 0.434. The van der Waals surface area contributed by atoms with Gasteiger partial charge in [-0.1, -0.05) is 17.7 Å². The number of rotatable bonds is 4. The molecule has 1 N–H and O–H groups in total. The fraction of sp³-hybridized carbons (Fsp3) is 0.538. The van der Waals surface area contributed by atoms with Crippen LogP contribution in [0.25, 0.3) is 0 Å². The van der Waals surface area contributed by atoms with Gasteiger partial charge in [0.05, 0.1) is 5.25 Å². The molecule has 1 unspecified atom stereocenters. The highest BCUT2D eigenvalue weighted by molar-refractivity contribution is 7.90. The molecule has 106 valence electrons. The lowest BCUT2D eigenvalue weighted by atomic mass is 10.1. The molecule has 1 aromatic rings. The van der Waals surface area contributed by atoms with Crippen LogP contribution in [0.4, 0.5) is 0 Å². The largest absolute Gasteiger partial charge is 0.298 e. The lowest BCUT2D eigenvalue weighted by Crippen LogP contribution is -2.34. The van der Waals surface area contributed by atoms with Crippen molar-refractivity contribution < 1.29 is 8.42 Å². The molecule has 0 radical (unpaired) electrons. The van der Waals surface area contributed by atoms with E-state index in [2.05, 4.69) is 9.62 Å². The topological polar surface area (TPSA) is 49.4 Å². The molecule has 0 aliphatic carbocycles. The minimum absolute atomic E-state index is 0.301. The van der Waals surface area contributed by atoms with Crippen LogP contribution in [0.5, 0.6) is 0 Å². The second-order valence-electron chi connectivity index (χ2n) is 4.97. The van der Waals surface area contributed by atoms with E-state index in [1.807, 2.05) is 25.1 Å². The molecule has 1 aliphatic rings. The molecule has 0 bridgehead atoms. The monoisotopic (exact) mass is 302 g/mol. The van der Waals surface area contributed by atoms with Crippen molar-refractivity contribution in [3.8, 4) is 0 Å². The van der Waals surface area contributed by atoms with Gasteiger partial charge in [-0.2, -0.15) is 0 Å². The third kappa shape index (κ3) is 3.48. The molecule has 1 atom stereocenters. The number of likely N-dealkylation sites (tertiary alicyclic amines) is 1. The van der Waals surface area contributed by atoms with Crippen molar-refractivity contribution in [1.82, 2.24) is 9.62 Å². The van der Waals surface area contributed by atoms with Crippen LogP contribution in [0.1, 0.15) is 17.5 Å². The minimum Gasteiger partial charge on any atom is -0.298 e. The lowest BCUT2D eigenvalue weighted by molar-refractivity contribution is 0.330.